The predicted octanol–water partition coefficient (Wildman–Crippen LogP) is 5.85. The van der Waals surface area contributed by atoms with Crippen molar-refractivity contribution in [3.05, 3.63) is 89.2 Å². The van der Waals surface area contributed by atoms with Crippen LogP contribution in [0.1, 0.15) is 35.5 Å². The molecule has 0 radical (unpaired) electrons. The van der Waals surface area contributed by atoms with Gasteiger partial charge in [-0.1, -0.05) is 36.4 Å². The minimum Gasteiger partial charge on any atom is -0.489 e. The number of carbonyl (C=O) groups excluding carboxylic acids is 1. The first kappa shape index (κ1) is 29.1. The van der Waals surface area contributed by atoms with E-state index in [0.29, 0.717) is 33.4 Å². The van der Waals surface area contributed by atoms with E-state index < -0.39 is 30.1 Å². The third-order valence-corrected chi connectivity index (χ3v) is 6.18. The number of para-hydroxylation sites is 1. The Balaban J connectivity index is 1.65. The number of hydrogen-bond donors (Lipinski definition) is 2. The molecule has 0 aliphatic heterocycles. The number of aliphatic hydroxyl groups is 1. The summed E-state index contributed by atoms with van der Waals surface area (Å²) < 4.78 is 61.6. The maximum absolute atomic E-state index is 13.2. The van der Waals surface area contributed by atoms with Crippen LogP contribution in [0.15, 0.2) is 71.1 Å². The number of aliphatic hydroxyl groups excluding tert-OH is 1. The van der Waals surface area contributed by atoms with Gasteiger partial charge in [-0.2, -0.15) is 13.2 Å². The van der Waals surface area contributed by atoms with Crippen molar-refractivity contribution < 1.29 is 41.7 Å². The van der Waals surface area contributed by atoms with E-state index in [2.05, 4.69) is 0 Å². The zero-order chi connectivity index (χ0) is 28.9. The van der Waals surface area contributed by atoms with Gasteiger partial charge in [-0.25, -0.2) is 0 Å². The van der Waals surface area contributed by atoms with E-state index in [-0.39, 0.29) is 31.8 Å². The fourth-order valence-corrected chi connectivity index (χ4v) is 4.34. The lowest BCUT2D eigenvalue weighted by molar-refractivity contribution is -0.211. The van der Waals surface area contributed by atoms with Crippen molar-refractivity contribution in [1.82, 2.24) is 0 Å². The largest absolute Gasteiger partial charge is 0.489 e. The number of esters is 1. The van der Waals surface area contributed by atoms with Gasteiger partial charge in [0, 0.05) is 30.2 Å². The second-order valence-electron chi connectivity index (χ2n) is 9.39. The summed E-state index contributed by atoms with van der Waals surface area (Å²) in [7, 11) is 1.52. The molecule has 10 heteroatoms. The van der Waals surface area contributed by atoms with Gasteiger partial charge in [0.2, 0.25) is 6.10 Å². The Morgan fingerprint density at radius 3 is 2.55 bits per heavy atom. The Kier molecular flexibility index (Phi) is 9.14. The Hall–Kier alpha value is -3.86. The lowest BCUT2D eigenvalue weighted by Gasteiger charge is -2.15. The number of nitrogens with two attached hydrogens (primary N) is 1. The number of rotatable bonds is 11. The molecule has 0 saturated heterocycles. The van der Waals surface area contributed by atoms with E-state index >= 15 is 0 Å². The van der Waals surface area contributed by atoms with Gasteiger partial charge < -0.3 is 29.5 Å². The van der Waals surface area contributed by atoms with Crippen LogP contribution >= 0.6 is 0 Å². The van der Waals surface area contributed by atoms with Crippen LogP contribution < -0.4 is 10.5 Å². The second-order valence-corrected chi connectivity index (χ2v) is 9.39. The summed E-state index contributed by atoms with van der Waals surface area (Å²) in [6.45, 7) is 2.34. The van der Waals surface area contributed by atoms with Gasteiger partial charge in [0.15, 0.2) is 0 Å². The molecule has 0 amide bonds. The summed E-state index contributed by atoms with van der Waals surface area (Å²) in [5.41, 5.74) is 9.29. The number of benzene rings is 3. The molecular weight excluding hydrogens is 527 g/mol. The molecule has 0 fully saturated rings. The van der Waals surface area contributed by atoms with Crippen LogP contribution in [0.2, 0.25) is 0 Å². The Bertz CT molecular complexity index is 1470. The van der Waals surface area contributed by atoms with Crippen LogP contribution in [0.4, 0.5) is 13.2 Å². The molecule has 1 aromatic heterocycles. The summed E-state index contributed by atoms with van der Waals surface area (Å²) in [4.78, 5) is 12.4. The van der Waals surface area contributed by atoms with E-state index in [1.807, 2.05) is 12.1 Å². The van der Waals surface area contributed by atoms with Gasteiger partial charge in [0.05, 0.1) is 13.0 Å². The van der Waals surface area contributed by atoms with Crippen LogP contribution in [0, 0.1) is 0 Å². The highest BCUT2D eigenvalue weighted by Gasteiger charge is 2.41. The molecule has 40 heavy (non-hydrogen) atoms. The Morgan fingerprint density at radius 2 is 1.82 bits per heavy atom. The predicted molar refractivity (Wildman–Crippen MR) is 142 cm³/mol. The molecule has 7 nitrogen and oxygen atoms in total. The topological polar surface area (TPSA) is 104 Å². The smallest absolute Gasteiger partial charge is 0.421 e. The van der Waals surface area contributed by atoms with Crippen LogP contribution in [0.5, 0.6) is 5.75 Å². The first-order valence-corrected chi connectivity index (χ1v) is 12.6. The molecule has 2 atom stereocenters. The average molecular weight is 558 g/mol. The van der Waals surface area contributed by atoms with Crippen molar-refractivity contribution in [1.29, 1.82) is 0 Å². The van der Waals surface area contributed by atoms with Gasteiger partial charge >= 0.3 is 12.1 Å². The van der Waals surface area contributed by atoms with Gasteiger partial charge in [0.1, 0.15) is 29.8 Å². The third-order valence-electron chi connectivity index (χ3n) is 6.18. The van der Waals surface area contributed by atoms with Gasteiger partial charge in [0.25, 0.3) is 0 Å². The zero-order valence-corrected chi connectivity index (χ0v) is 22.0. The molecule has 2 unspecified atom stereocenters. The molecule has 1 heterocycles. The van der Waals surface area contributed by atoms with Gasteiger partial charge in [-0.15, -0.1) is 0 Å². The van der Waals surface area contributed by atoms with E-state index in [0.717, 1.165) is 5.56 Å². The number of methoxy groups -OCH3 is 1. The number of alkyl halides is 3. The summed E-state index contributed by atoms with van der Waals surface area (Å²) in [6.07, 6.45) is -8.06. The molecule has 0 spiro atoms. The molecule has 212 valence electrons. The zero-order valence-electron chi connectivity index (χ0n) is 22.0. The van der Waals surface area contributed by atoms with E-state index in [1.165, 1.54) is 13.2 Å². The van der Waals surface area contributed by atoms with Crippen LogP contribution in [0.25, 0.3) is 22.1 Å². The van der Waals surface area contributed by atoms with Gasteiger partial charge in [-0.05, 0) is 53.9 Å². The quantitative estimate of drug-likeness (QED) is 0.223. The number of ether oxygens (including phenoxy) is 3. The van der Waals surface area contributed by atoms with Crippen LogP contribution in [-0.2, 0) is 33.8 Å². The monoisotopic (exact) mass is 557 g/mol. The lowest BCUT2D eigenvalue weighted by atomic mass is 9.99. The van der Waals surface area contributed by atoms with Crippen molar-refractivity contribution in [3.8, 4) is 16.9 Å². The fraction of sp³-hybridized carbons (Fsp3) is 0.300. The first-order chi connectivity index (χ1) is 19.1. The highest BCUT2D eigenvalue weighted by molar-refractivity contribution is 5.93. The van der Waals surface area contributed by atoms with E-state index in [1.54, 1.807) is 55.5 Å². The van der Waals surface area contributed by atoms with Crippen molar-refractivity contribution in [2.45, 2.75) is 44.9 Å². The summed E-state index contributed by atoms with van der Waals surface area (Å²) in [5, 5.41) is 10.2. The van der Waals surface area contributed by atoms with E-state index in [4.69, 9.17) is 24.4 Å². The molecule has 0 aliphatic carbocycles. The summed E-state index contributed by atoms with van der Waals surface area (Å²) >= 11 is 0. The van der Waals surface area contributed by atoms with E-state index in [9.17, 15) is 23.1 Å². The highest BCUT2D eigenvalue weighted by Crippen LogP contribution is 2.39. The molecule has 0 bridgehead atoms. The average Bonchev–Trinajstić information content (AvgIpc) is 3.35. The van der Waals surface area contributed by atoms with Crippen molar-refractivity contribution in [2.24, 2.45) is 5.73 Å². The SMILES string of the molecule is COCC(C)OC(=O)Cc1ccccc1OCc1cc(-c2cccc(CN)c2)c2oc(C(O)C(F)(F)F)cc2c1. The summed E-state index contributed by atoms with van der Waals surface area (Å²) in [5.74, 6) is -0.576. The fourth-order valence-electron chi connectivity index (χ4n) is 4.34. The van der Waals surface area contributed by atoms with Crippen LogP contribution in [-0.4, -0.2) is 37.1 Å². The van der Waals surface area contributed by atoms with Crippen molar-refractivity contribution >= 4 is 16.9 Å². The number of halogens is 3. The highest BCUT2D eigenvalue weighted by atomic mass is 19.4. The number of furan rings is 1. The lowest BCUT2D eigenvalue weighted by Crippen LogP contribution is -2.21. The molecule has 4 aromatic rings. The summed E-state index contributed by atoms with van der Waals surface area (Å²) in [6, 6.07) is 18.9. The molecule has 4 rings (SSSR count). The normalized spacial score (nSPS) is 13.3. The van der Waals surface area contributed by atoms with Crippen molar-refractivity contribution in [2.75, 3.05) is 13.7 Å². The number of hydrogen-bond acceptors (Lipinski definition) is 7. The second kappa shape index (κ2) is 12.5. The maximum Gasteiger partial charge on any atom is 0.421 e. The molecular formula is C30H30F3NO6. The Morgan fingerprint density at radius 1 is 1.05 bits per heavy atom. The first-order valence-electron chi connectivity index (χ1n) is 12.6. The van der Waals surface area contributed by atoms with Crippen LogP contribution in [0.3, 0.4) is 0 Å². The molecule has 0 aliphatic rings. The van der Waals surface area contributed by atoms with Gasteiger partial charge in [-0.3, -0.25) is 4.79 Å². The van der Waals surface area contributed by atoms with Crippen molar-refractivity contribution in [3.63, 3.8) is 0 Å². The Labute approximate surface area is 229 Å². The minimum absolute atomic E-state index is 0.0131. The number of fused-ring (bicyclic) bond motifs is 1. The number of carbonyl (C=O) groups is 1. The minimum atomic E-state index is -4.88. The standard InChI is InChI=1S/C30H30F3NO6/c1-18(16-37-2)39-27(35)14-22-7-3-4-9-25(22)38-17-20-11-23-13-26(29(36)30(31,32)33)40-28(23)24(12-20)21-8-5-6-19(10-21)15-34/h3-13,18,29,36H,14-17,34H2,1-2H3. The maximum atomic E-state index is 13.2. The molecule has 3 N–H and O–H groups in total. The molecule has 3 aromatic carbocycles. The third kappa shape index (κ3) is 7.01. The molecule has 0 saturated carbocycles.